The fourth-order valence-corrected chi connectivity index (χ4v) is 5.32. The lowest BCUT2D eigenvalue weighted by Gasteiger charge is -2.39. The van der Waals surface area contributed by atoms with Gasteiger partial charge in [-0.25, -0.2) is 0 Å². The largest absolute Gasteiger partial charge is 0.343 e. The first-order valence-corrected chi connectivity index (χ1v) is 9.32. The fraction of sp³-hybridized carbons (Fsp3) is 0.789. The third kappa shape index (κ3) is 2.70. The second-order valence-corrected chi connectivity index (χ2v) is 8.21. The van der Waals surface area contributed by atoms with E-state index in [1.165, 1.54) is 12.8 Å². The van der Waals surface area contributed by atoms with Crippen molar-refractivity contribution in [1.29, 1.82) is 0 Å². The molecule has 1 spiro atoms. The van der Waals surface area contributed by atoms with Crippen molar-refractivity contribution >= 4 is 11.8 Å². The molecule has 0 unspecified atom stereocenters. The van der Waals surface area contributed by atoms with Crippen molar-refractivity contribution in [2.24, 2.45) is 23.2 Å². The molecule has 0 aromatic heterocycles. The molecule has 2 aliphatic carbocycles. The molecule has 3 fully saturated rings. The molecule has 2 saturated heterocycles. The average molecular weight is 316 g/mol. The number of hydrogen-bond acceptors (Lipinski definition) is 2. The molecule has 2 heterocycles. The Kier molecular flexibility index (Phi) is 3.73. The van der Waals surface area contributed by atoms with E-state index in [0.717, 1.165) is 51.4 Å². The van der Waals surface area contributed by atoms with E-state index in [0.29, 0.717) is 30.1 Å². The zero-order chi connectivity index (χ0) is 16.0. The molecule has 3 atom stereocenters. The SMILES string of the molecule is CCN1CC2(CCN(C(=O)C[C@@H]3C[C@@H]4C=C[C@H]3C4)CC2)CC1=O. The van der Waals surface area contributed by atoms with Crippen LogP contribution in [0.5, 0.6) is 0 Å². The van der Waals surface area contributed by atoms with Gasteiger partial charge in [-0.2, -0.15) is 0 Å². The van der Waals surface area contributed by atoms with Gasteiger partial charge >= 0.3 is 0 Å². The summed E-state index contributed by atoms with van der Waals surface area (Å²) in [5, 5.41) is 0. The van der Waals surface area contributed by atoms with Crippen LogP contribution in [-0.2, 0) is 9.59 Å². The predicted molar refractivity (Wildman–Crippen MR) is 88.6 cm³/mol. The molecular weight excluding hydrogens is 288 g/mol. The van der Waals surface area contributed by atoms with Gasteiger partial charge in [0.25, 0.3) is 0 Å². The zero-order valence-electron chi connectivity index (χ0n) is 14.2. The minimum absolute atomic E-state index is 0.152. The van der Waals surface area contributed by atoms with Crippen LogP contribution in [0.4, 0.5) is 0 Å². The molecule has 126 valence electrons. The summed E-state index contributed by atoms with van der Waals surface area (Å²) in [6.45, 7) is 5.47. The molecule has 4 rings (SSSR count). The van der Waals surface area contributed by atoms with Crippen LogP contribution < -0.4 is 0 Å². The number of piperidine rings is 1. The van der Waals surface area contributed by atoms with Crippen molar-refractivity contribution in [3.05, 3.63) is 12.2 Å². The summed E-state index contributed by atoms with van der Waals surface area (Å²) in [7, 11) is 0. The maximum Gasteiger partial charge on any atom is 0.223 e. The van der Waals surface area contributed by atoms with Gasteiger partial charge in [-0.05, 0) is 50.4 Å². The quantitative estimate of drug-likeness (QED) is 0.751. The molecule has 2 bridgehead atoms. The van der Waals surface area contributed by atoms with Crippen molar-refractivity contribution in [2.75, 3.05) is 26.2 Å². The lowest BCUT2D eigenvalue weighted by molar-refractivity contribution is -0.134. The lowest BCUT2D eigenvalue weighted by Crippen LogP contribution is -2.44. The van der Waals surface area contributed by atoms with Gasteiger partial charge < -0.3 is 9.80 Å². The Labute approximate surface area is 138 Å². The van der Waals surface area contributed by atoms with Crippen LogP contribution in [0.25, 0.3) is 0 Å². The second-order valence-electron chi connectivity index (χ2n) is 8.21. The maximum absolute atomic E-state index is 12.6. The number of nitrogens with zero attached hydrogens (tertiary/aromatic N) is 2. The average Bonchev–Trinajstić information content (AvgIpc) is 3.23. The minimum atomic E-state index is 0.152. The molecule has 0 radical (unpaired) electrons. The van der Waals surface area contributed by atoms with Crippen molar-refractivity contribution < 1.29 is 9.59 Å². The summed E-state index contributed by atoms with van der Waals surface area (Å²) in [5.74, 6) is 2.64. The summed E-state index contributed by atoms with van der Waals surface area (Å²) in [6.07, 6.45) is 10.6. The van der Waals surface area contributed by atoms with Gasteiger partial charge in [-0.1, -0.05) is 12.2 Å². The first-order chi connectivity index (χ1) is 11.1. The number of carbonyl (C=O) groups is 2. The Morgan fingerprint density at radius 3 is 2.61 bits per heavy atom. The van der Waals surface area contributed by atoms with E-state index in [4.69, 9.17) is 0 Å². The van der Waals surface area contributed by atoms with Crippen molar-refractivity contribution in [1.82, 2.24) is 9.80 Å². The van der Waals surface area contributed by atoms with Crippen LogP contribution in [0.15, 0.2) is 12.2 Å². The Morgan fingerprint density at radius 2 is 2.04 bits per heavy atom. The first-order valence-electron chi connectivity index (χ1n) is 9.32. The van der Waals surface area contributed by atoms with Crippen molar-refractivity contribution in [3.63, 3.8) is 0 Å². The number of likely N-dealkylation sites (tertiary alicyclic amines) is 2. The molecule has 4 nitrogen and oxygen atoms in total. The fourth-order valence-electron chi connectivity index (χ4n) is 5.32. The summed E-state index contributed by atoms with van der Waals surface area (Å²) < 4.78 is 0. The highest BCUT2D eigenvalue weighted by Crippen LogP contribution is 2.46. The van der Waals surface area contributed by atoms with E-state index in [1.54, 1.807) is 0 Å². The number of amides is 2. The Bertz CT molecular complexity index is 533. The molecule has 0 aromatic rings. The molecule has 2 amide bonds. The summed E-state index contributed by atoms with van der Waals surface area (Å²) in [4.78, 5) is 28.7. The number of carbonyl (C=O) groups excluding carboxylic acids is 2. The molecule has 4 heteroatoms. The van der Waals surface area contributed by atoms with E-state index in [-0.39, 0.29) is 5.41 Å². The number of hydrogen-bond donors (Lipinski definition) is 0. The van der Waals surface area contributed by atoms with E-state index in [2.05, 4.69) is 24.0 Å². The molecular formula is C19H28N2O2. The third-order valence-corrected chi connectivity index (χ3v) is 6.82. The summed E-state index contributed by atoms with van der Waals surface area (Å²) in [5.41, 5.74) is 0.152. The van der Waals surface area contributed by atoms with Gasteiger partial charge in [0.15, 0.2) is 0 Å². The van der Waals surface area contributed by atoms with Gasteiger partial charge in [0.2, 0.25) is 11.8 Å². The minimum Gasteiger partial charge on any atom is -0.343 e. The topological polar surface area (TPSA) is 40.6 Å². The number of allylic oxidation sites excluding steroid dienone is 2. The van der Waals surface area contributed by atoms with Gasteiger partial charge in [0, 0.05) is 44.4 Å². The molecule has 4 aliphatic rings. The molecule has 0 N–H and O–H groups in total. The lowest BCUT2D eigenvalue weighted by atomic mass is 9.77. The monoisotopic (exact) mass is 316 g/mol. The highest BCUT2D eigenvalue weighted by atomic mass is 16.2. The van der Waals surface area contributed by atoms with E-state index in [9.17, 15) is 9.59 Å². The Hall–Kier alpha value is -1.32. The molecule has 23 heavy (non-hydrogen) atoms. The highest BCUT2D eigenvalue weighted by molar-refractivity contribution is 5.80. The standard InChI is InChI=1S/C19H28N2O2/c1-2-20-13-19(12-18(20)23)5-7-21(8-6-19)17(22)11-16-10-14-3-4-15(16)9-14/h3-4,14-16H,2,5-13H2,1H3/t14-,15+,16+/m1/s1. The van der Waals surface area contributed by atoms with Crippen LogP contribution in [0, 0.1) is 23.2 Å². The molecule has 1 saturated carbocycles. The number of rotatable bonds is 3. The van der Waals surface area contributed by atoms with Gasteiger partial charge in [0.05, 0.1) is 0 Å². The van der Waals surface area contributed by atoms with Crippen molar-refractivity contribution in [2.45, 2.75) is 45.4 Å². The van der Waals surface area contributed by atoms with Gasteiger partial charge in [-0.3, -0.25) is 9.59 Å². The van der Waals surface area contributed by atoms with E-state index in [1.807, 2.05) is 4.90 Å². The Morgan fingerprint density at radius 1 is 1.26 bits per heavy atom. The zero-order valence-corrected chi connectivity index (χ0v) is 14.2. The third-order valence-electron chi connectivity index (χ3n) is 6.82. The molecule has 2 aliphatic heterocycles. The smallest absolute Gasteiger partial charge is 0.223 e. The summed E-state index contributed by atoms with van der Waals surface area (Å²) >= 11 is 0. The van der Waals surface area contributed by atoms with E-state index < -0.39 is 0 Å². The molecule has 0 aromatic carbocycles. The maximum atomic E-state index is 12.6. The van der Waals surface area contributed by atoms with Gasteiger partial charge in [0.1, 0.15) is 0 Å². The Balaban J connectivity index is 1.30. The van der Waals surface area contributed by atoms with Crippen LogP contribution in [-0.4, -0.2) is 47.8 Å². The van der Waals surface area contributed by atoms with Crippen LogP contribution in [0.3, 0.4) is 0 Å². The normalized spacial score (nSPS) is 34.8. The van der Waals surface area contributed by atoms with Gasteiger partial charge in [-0.15, -0.1) is 0 Å². The number of fused-ring (bicyclic) bond motifs is 2. The van der Waals surface area contributed by atoms with Crippen LogP contribution in [0.2, 0.25) is 0 Å². The van der Waals surface area contributed by atoms with Crippen LogP contribution >= 0.6 is 0 Å². The summed E-state index contributed by atoms with van der Waals surface area (Å²) in [6, 6.07) is 0. The first kappa shape index (κ1) is 15.2. The predicted octanol–water partition coefficient (Wildman–Crippen LogP) is 2.45. The van der Waals surface area contributed by atoms with Crippen LogP contribution in [0.1, 0.15) is 45.4 Å². The highest BCUT2D eigenvalue weighted by Gasteiger charge is 2.45. The second kappa shape index (κ2) is 5.64. The van der Waals surface area contributed by atoms with Crippen molar-refractivity contribution in [3.8, 4) is 0 Å². The van der Waals surface area contributed by atoms with E-state index >= 15 is 0 Å².